The zero-order valence-corrected chi connectivity index (χ0v) is 11.9. The third-order valence-corrected chi connectivity index (χ3v) is 3.91. The lowest BCUT2D eigenvalue weighted by Crippen LogP contribution is -2.19. The molecular weight excluding hydrogens is 236 g/mol. The second kappa shape index (κ2) is 6.07. The van der Waals surface area contributed by atoms with Gasteiger partial charge in [-0.1, -0.05) is 44.5 Å². The molecule has 0 saturated heterocycles. The molecule has 2 heteroatoms. The van der Waals surface area contributed by atoms with E-state index in [0.29, 0.717) is 12.3 Å². The van der Waals surface area contributed by atoms with Crippen LogP contribution in [0, 0.1) is 5.92 Å². The number of fused-ring (bicyclic) bond motifs is 1. The molecule has 0 spiro atoms. The number of ether oxygens (including phenoxy) is 1. The minimum atomic E-state index is -0.290. The fourth-order valence-electron chi connectivity index (χ4n) is 2.32. The molecule has 2 rings (SSSR count). The van der Waals surface area contributed by atoms with Crippen LogP contribution in [0.1, 0.15) is 25.8 Å². The molecule has 0 aromatic heterocycles. The Kier molecular flexibility index (Phi) is 4.43. The van der Waals surface area contributed by atoms with Crippen molar-refractivity contribution in [3.05, 3.63) is 42.0 Å². The first kappa shape index (κ1) is 13.9. The Balaban J connectivity index is 2.36. The maximum Gasteiger partial charge on any atom is 0.119 e. The summed E-state index contributed by atoms with van der Waals surface area (Å²) in [5.74, 6) is 1.18. The fourth-order valence-corrected chi connectivity index (χ4v) is 2.32. The van der Waals surface area contributed by atoms with Gasteiger partial charge in [-0.2, -0.15) is 0 Å². The summed E-state index contributed by atoms with van der Waals surface area (Å²) in [7, 11) is 1.68. The van der Waals surface area contributed by atoms with E-state index in [-0.39, 0.29) is 6.10 Å². The van der Waals surface area contributed by atoms with Crippen molar-refractivity contribution in [3.8, 4) is 5.75 Å². The maximum absolute atomic E-state index is 10.2. The Hall–Kier alpha value is -1.54. The Morgan fingerprint density at radius 1 is 1.21 bits per heavy atom. The van der Waals surface area contributed by atoms with Crippen molar-refractivity contribution >= 4 is 10.8 Å². The van der Waals surface area contributed by atoms with Gasteiger partial charge in [-0.15, -0.1) is 0 Å². The standard InChI is InChI=1S/C17H22O2/c1-4-12(2)17(18)10-14-7-5-6-13-8-9-15(19-3)11-16(13)14/h5-9,11-12,17-18H,4,10H2,1-3H3. The summed E-state index contributed by atoms with van der Waals surface area (Å²) >= 11 is 0. The normalized spacial score (nSPS) is 14.3. The molecule has 1 N–H and O–H groups in total. The van der Waals surface area contributed by atoms with Gasteiger partial charge in [0.2, 0.25) is 0 Å². The van der Waals surface area contributed by atoms with Crippen molar-refractivity contribution in [2.45, 2.75) is 32.8 Å². The SMILES string of the molecule is CCC(C)C(O)Cc1cccc2ccc(OC)cc12. The Labute approximate surface area is 115 Å². The van der Waals surface area contributed by atoms with Crippen molar-refractivity contribution in [1.82, 2.24) is 0 Å². The molecule has 2 nitrogen and oxygen atoms in total. The van der Waals surface area contributed by atoms with Crippen LogP contribution in [0.3, 0.4) is 0 Å². The van der Waals surface area contributed by atoms with Gasteiger partial charge in [0.1, 0.15) is 5.75 Å². The largest absolute Gasteiger partial charge is 0.497 e. The molecule has 2 unspecified atom stereocenters. The summed E-state index contributed by atoms with van der Waals surface area (Å²) in [6.07, 6.45) is 1.40. The fraction of sp³-hybridized carbons (Fsp3) is 0.412. The summed E-state index contributed by atoms with van der Waals surface area (Å²) in [5.41, 5.74) is 1.18. The Morgan fingerprint density at radius 3 is 2.68 bits per heavy atom. The van der Waals surface area contributed by atoms with Crippen LogP contribution in [0.4, 0.5) is 0 Å². The molecule has 0 fully saturated rings. The third-order valence-electron chi connectivity index (χ3n) is 3.91. The Morgan fingerprint density at radius 2 is 2.00 bits per heavy atom. The van der Waals surface area contributed by atoms with Gasteiger partial charge in [-0.05, 0) is 40.8 Å². The zero-order chi connectivity index (χ0) is 13.8. The van der Waals surface area contributed by atoms with Gasteiger partial charge >= 0.3 is 0 Å². The van der Waals surface area contributed by atoms with Crippen LogP contribution in [-0.4, -0.2) is 18.3 Å². The summed E-state index contributed by atoms with van der Waals surface area (Å²) in [4.78, 5) is 0. The van der Waals surface area contributed by atoms with Crippen LogP contribution in [-0.2, 0) is 6.42 Å². The molecule has 2 aromatic rings. The van der Waals surface area contributed by atoms with Crippen LogP contribution in [0.15, 0.2) is 36.4 Å². The topological polar surface area (TPSA) is 29.5 Å². The van der Waals surface area contributed by atoms with Crippen molar-refractivity contribution in [1.29, 1.82) is 0 Å². The van der Waals surface area contributed by atoms with E-state index in [4.69, 9.17) is 4.74 Å². The highest BCUT2D eigenvalue weighted by molar-refractivity contribution is 5.87. The van der Waals surface area contributed by atoms with E-state index >= 15 is 0 Å². The molecule has 0 radical (unpaired) electrons. The minimum Gasteiger partial charge on any atom is -0.497 e. The highest BCUT2D eigenvalue weighted by Gasteiger charge is 2.14. The number of aliphatic hydroxyl groups excluding tert-OH is 1. The van der Waals surface area contributed by atoms with E-state index in [1.165, 1.54) is 16.3 Å². The highest BCUT2D eigenvalue weighted by Crippen LogP contribution is 2.26. The molecule has 102 valence electrons. The smallest absolute Gasteiger partial charge is 0.119 e. The van der Waals surface area contributed by atoms with Gasteiger partial charge < -0.3 is 9.84 Å². The number of aliphatic hydroxyl groups is 1. The number of hydrogen-bond acceptors (Lipinski definition) is 2. The third kappa shape index (κ3) is 3.07. The molecule has 0 aliphatic rings. The van der Waals surface area contributed by atoms with E-state index in [1.54, 1.807) is 7.11 Å². The lowest BCUT2D eigenvalue weighted by Gasteiger charge is -2.18. The molecule has 0 amide bonds. The van der Waals surface area contributed by atoms with Gasteiger partial charge in [-0.25, -0.2) is 0 Å². The number of methoxy groups -OCH3 is 1. The molecule has 0 bridgehead atoms. The summed E-state index contributed by atoms with van der Waals surface area (Å²) in [6.45, 7) is 4.20. The van der Waals surface area contributed by atoms with Gasteiger partial charge in [0.15, 0.2) is 0 Å². The van der Waals surface area contributed by atoms with E-state index in [9.17, 15) is 5.11 Å². The van der Waals surface area contributed by atoms with Crippen LogP contribution < -0.4 is 4.74 Å². The molecule has 0 heterocycles. The van der Waals surface area contributed by atoms with Crippen LogP contribution in [0.25, 0.3) is 10.8 Å². The van der Waals surface area contributed by atoms with E-state index in [2.05, 4.69) is 32.0 Å². The quantitative estimate of drug-likeness (QED) is 0.884. The lowest BCUT2D eigenvalue weighted by molar-refractivity contribution is 0.115. The summed E-state index contributed by atoms with van der Waals surface area (Å²) < 4.78 is 5.29. The van der Waals surface area contributed by atoms with Crippen LogP contribution in [0.5, 0.6) is 5.75 Å². The Bertz CT molecular complexity index is 548. The zero-order valence-electron chi connectivity index (χ0n) is 11.9. The lowest BCUT2D eigenvalue weighted by atomic mass is 9.93. The molecule has 0 aliphatic heterocycles. The molecule has 0 saturated carbocycles. The van der Waals surface area contributed by atoms with E-state index in [0.717, 1.165) is 12.2 Å². The van der Waals surface area contributed by atoms with Crippen LogP contribution in [0.2, 0.25) is 0 Å². The minimum absolute atomic E-state index is 0.290. The summed E-state index contributed by atoms with van der Waals surface area (Å²) in [6, 6.07) is 12.3. The first-order valence-electron chi connectivity index (χ1n) is 6.89. The average Bonchev–Trinajstić information content (AvgIpc) is 2.46. The highest BCUT2D eigenvalue weighted by atomic mass is 16.5. The van der Waals surface area contributed by atoms with Gasteiger partial charge in [0.05, 0.1) is 13.2 Å². The van der Waals surface area contributed by atoms with Gasteiger partial charge in [0, 0.05) is 0 Å². The first-order chi connectivity index (χ1) is 9.15. The van der Waals surface area contributed by atoms with Crippen molar-refractivity contribution in [2.24, 2.45) is 5.92 Å². The molecule has 0 aliphatic carbocycles. The van der Waals surface area contributed by atoms with Crippen molar-refractivity contribution in [3.63, 3.8) is 0 Å². The first-order valence-corrected chi connectivity index (χ1v) is 6.89. The van der Waals surface area contributed by atoms with E-state index in [1.807, 2.05) is 18.2 Å². The second-order valence-electron chi connectivity index (χ2n) is 5.16. The monoisotopic (exact) mass is 258 g/mol. The average molecular weight is 258 g/mol. The molecule has 2 aromatic carbocycles. The molecule has 19 heavy (non-hydrogen) atoms. The van der Waals surface area contributed by atoms with Crippen molar-refractivity contribution < 1.29 is 9.84 Å². The number of hydrogen-bond donors (Lipinski definition) is 1. The number of benzene rings is 2. The summed E-state index contributed by atoms with van der Waals surface area (Å²) in [5, 5.41) is 12.6. The van der Waals surface area contributed by atoms with Gasteiger partial charge in [-0.3, -0.25) is 0 Å². The second-order valence-corrected chi connectivity index (χ2v) is 5.16. The van der Waals surface area contributed by atoms with Crippen LogP contribution >= 0.6 is 0 Å². The van der Waals surface area contributed by atoms with Crippen molar-refractivity contribution in [2.75, 3.05) is 7.11 Å². The molecular formula is C17H22O2. The van der Waals surface area contributed by atoms with Gasteiger partial charge in [0.25, 0.3) is 0 Å². The number of rotatable bonds is 5. The van der Waals surface area contributed by atoms with E-state index < -0.39 is 0 Å². The molecule has 2 atom stereocenters. The maximum atomic E-state index is 10.2. The predicted molar refractivity (Wildman–Crippen MR) is 79.7 cm³/mol. The predicted octanol–water partition coefficient (Wildman–Crippen LogP) is 3.80.